The summed E-state index contributed by atoms with van der Waals surface area (Å²) in [5, 5.41) is 14.6. The van der Waals surface area contributed by atoms with Crippen LogP contribution in [0.25, 0.3) is 0 Å². The van der Waals surface area contributed by atoms with Crippen molar-refractivity contribution in [2.24, 2.45) is 0 Å². The topological polar surface area (TPSA) is 56.3 Å². The molecule has 32 heavy (non-hydrogen) atoms. The van der Waals surface area contributed by atoms with Crippen LogP contribution < -0.4 is 0 Å². The molecule has 0 aromatic heterocycles. The summed E-state index contributed by atoms with van der Waals surface area (Å²) < 4.78 is 18.8. The number of aliphatic hydroxyl groups is 1. The predicted octanol–water partition coefficient (Wildman–Crippen LogP) is 4.50. The van der Waals surface area contributed by atoms with Crippen LogP contribution in [-0.2, 0) is 16.1 Å². The van der Waals surface area contributed by atoms with Gasteiger partial charge in [-0.2, -0.15) is 5.01 Å². The molecule has 1 N–H and O–H groups in total. The second kappa shape index (κ2) is 9.97. The van der Waals surface area contributed by atoms with E-state index < -0.39 is 0 Å². The van der Waals surface area contributed by atoms with Crippen molar-refractivity contribution >= 4 is 5.91 Å². The average Bonchev–Trinajstić information content (AvgIpc) is 2.79. The number of carbonyl (C=O) groups excluding carboxylic acids is 1. The van der Waals surface area contributed by atoms with Gasteiger partial charge in [0.15, 0.2) is 5.70 Å². The summed E-state index contributed by atoms with van der Waals surface area (Å²) in [6.45, 7) is 3.08. The maximum Gasteiger partial charge on any atom is 0.276 e. The summed E-state index contributed by atoms with van der Waals surface area (Å²) in [6.07, 6.45) is 5.46. The lowest BCUT2D eigenvalue weighted by molar-refractivity contribution is -0.152. The number of hydrogen-bond donors (Lipinski definition) is 1. The van der Waals surface area contributed by atoms with Crippen molar-refractivity contribution in [1.29, 1.82) is 0 Å². The van der Waals surface area contributed by atoms with Crippen LogP contribution in [0.4, 0.5) is 4.39 Å². The Balaban J connectivity index is 1.75. The minimum atomic E-state index is -0.318. The minimum Gasteiger partial charge on any atom is -0.507 e. The van der Waals surface area contributed by atoms with Gasteiger partial charge in [0.25, 0.3) is 5.91 Å². The van der Waals surface area contributed by atoms with Crippen molar-refractivity contribution in [1.82, 2.24) is 14.9 Å². The van der Waals surface area contributed by atoms with E-state index in [2.05, 4.69) is 24.1 Å². The van der Waals surface area contributed by atoms with Gasteiger partial charge < -0.3 is 14.7 Å². The molecular weight excluding hydrogens is 409 g/mol. The number of ether oxygens (including phenoxy) is 1. The monoisotopic (exact) mass is 437 g/mol. The molecule has 168 valence electrons. The van der Waals surface area contributed by atoms with E-state index in [1.807, 2.05) is 24.3 Å². The van der Waals surface area contributed by atoms with Crippen molar-refractivity contribution in [3.8, 4) is 0 Å². The van der Waals surface area contributed by atoms with Crippen LogP contribution >= 0.6 is 0 Å². The number of carbonyl (C=O) groups is 1. The van der Waals surface area contributed by atoms with Crippen molar-refractivity contribution in [3.63, 3.8) is 0 Å². The second-order valence-corrected chi connectivity index (χ2v) is 7.97. The fourth-order valence-electron chi connectivity index (χ4n) is 4.15. The summed E-state index contributed by atoms with van der Waals surface area (Å²) in [4.78, 5) is 15.1. The lowest BCUT2D eigenvalue weighted by Gasteiger charge is -2.48. The molecule has 0 unspecified atom stereocenters. The first-order valence-corrected chi connectivity index (χ1v) is 10.9. The summed E-state index contributed by atoms with van der Waals surface area (Å²) in [5.74, 6) is -0.709. The van der Waals surface area contributed by atoms with Crippen LogP contribution in [0.1, 0.15) is 36.9 Å². The van der Waals surface area contributed by atoms with Gasteiger partial charge >= 0.3 is 0 Å². The molecule has 1 atom stereocenters. The largest absolute Gasteiger partial charge is 0.507 e. The van der Waals surface area contributed by atoms with Gasteiger partial charge in [0.2, 0.25) is 0 Å². The second-order valence-electron chi connectivity index (χ2n) is 7.97. The number of hydrazine groups is 1. The summed E-state index contributed by atoms with van der Waals surface area (Å²) >= 11 is 0. The molecular formula is C25H28FN3O3. The van der Waals surface area contributed by atoms with Gasteiger partial charge in [-0.3, -0.25) is 9.80 Å². The number of amides is 1. The summed E-state index contributed by atoms with van der Waals surface area (Å²) in [7, 11) is 0. The van der Waals surface area contributed by atoms with Crippen LogP contribution in [0.2, 0.25) is 0 Å². The maximum atomic E-state index is 13.4. The van der Waals surface area contributed by atoms with E-state index in [9.17, 15) is 14.3 Å². The maximum absolute atomic E-state index is 13.4. The van der Waals surface area contributed by atoms with Gasteiger partial charge in [-0.05, 0) is 35.8 Å². The van der Waals surface area contributed by atoms with Gasteiger partial charge in [0, 0.05) is 12.7 Å². The Morgan fingerprint density at radius 1 is 1.12 bits per heavy atom. The first-order chi connectivity index (χ1) is 15.6. The Kier molecular flexibility index (Phi) is 6.87. The number of nitrogens with zero attached hydrogens (tertiary/aromatic N) is 3. The third-order valence-corrected chi connectivity index (χ3v) is 5.68. The molecule has 7 heteroatoms. The highest BCUT2D eigenvalue weighted by molar-refractivity contribution is 5.94. The third-order valence-electron chi connectivity index (χ3n) is 5.68. The van der Waals surface area contributed by atoms with Gasteiger partial charge in [-0.25, -0.2) is 4.39 Å². The number of hydrogen-bond acceptors (Lipinski definition) is 5. The lowest BCUT2D eigenvalue weighted by atomic mass is 10.0. The molecule has 2 aliphatic heterocycles. The quantitative estimate of drug-likeness (QED) is 0.721. The molecule has 4 rings (SSSR count). The number of fused-ring (bicyclic) bond motifs is 1. The normalized spacial score (nSPS) is 21.6. The molecule has 2 aliphatic rings. The van der Waals surface area contributed by atoms with E-state index in [1.54, 1.807) is 28.2 Å². The Bertz CT molecular complexity index is 991. The molecule has 0 saturated carbocycles. The molecule has 1 amide bonds. The molecule has 2 heterocycles. The zero-order valence-corrected chi connectivity index (χ0v) is 18.2. The average molecular weight is 438 g/mol. The molecule has 0 spiro atoms. The highest BCUT2D eigenvalue weighted by Gasteiger charge is 2.39. The highest BCUT2D eigenvalue weighted by Crippen LogP contribution is 2.34. The highest BCUT2D eigenvalue weighted by atomic mass is 19.1. The van der Waals surface area contributed by atoms with Crippen LogP contribution in [0.15, 0.2) is 78.3 Å². The molecule has 1 fully saturated rings. The van der Waals surface area contributed by atoms with Crippen molar-refractivity contribution in [3.05, 3.63) is 95.3 Å². The zero-order valence-electron chi connectivity index (χ0n) is 18.2. The Morgan fingerprint density at radius 3 is 2.59 bits per heavy atom. The van der Waals surface area contributed by atoms with E-state index in [-0.39, 0.29) is 35.8 Å². The summed E-state index contributed by atoms with van der Waals surface area (Å²) in [5.41, 5.74) is 2.14. The molecule has 0 bridgehead atoms. The molecule has 2 aromatic carbocycles. The third kappa shape index (κ3) is 4.69. The van der Waals surface area contributed by atoms with E-state index >= 15 is 0 Å². The smallest absolute Gasteiger partial charge is 0.276 e. The number of halogens is 1. The van der Waals surface area contributed by atoms with Gasteiger partial charge in [0.05, 0.1) is 19.3 Å². The molecule has 1 saturated heterocycles. The Labute approximate surface area is 187 Å². The molecule has 2 aromatic rings. The molecule has 6 nitrogen and oxygen atoms in total. The van der Waals surface area contributed by atoms with Crippen LogP contribution in [0, 0.1) is 5.82 Å². The lowest BCUT2D eigenvalue weighted by Crippen LogP contribution is -2.57. The molecule has 0 aliphatic carbocycles. The Morgan fingerprint density at radius 2 is 1.88 bits per heavy atom. The number of benzene rings is 2. The van der Waals surface area contributed by atoms with Crippen molar-refractivity contribution < 1.29 is 19.0 Å². The standard InChI is InChI=1S/C25H28FN3O3/c1-2-7-22(20-8-4-3-5-9-20)29-18-27(16-19-10-12-21(26)13-11-19)25(31)24-23(30)17-32-15-6-14-28(24)29/h3-6,8-14,22,30H,2,7,15-18H2,1H3/b14-6-,24-23+/t22-/m0/s1. The summed E-state index contributed by atoms with van der Waals surface area (Å²) in [6, 6.07) is 16.3. The Hall–Kier alpha value is -3.16. The zero-order chi connectivity index (χ0) is 22.5. The number of aliphatic hydroxyl groups excluding tert-OH is 1. The fourth-order valence-corrected chi connectivity index (χ4v) is 4.15. The van der Waals surface area contributed by atoms with Crippen LogP contribution in [0.5, 0.6) is 0 Å². The first kappa shape index (κ1) is 22.0. The van der Waals surface area contributed by atoms with Crippen molar-refractivity contribution in [2.75, 3.05) is 19.9 Å². The number of rotatable bonds is 6. The van der Waals surface area contributed by atoms with Gasteiger partial charge in [-0.1, -0.05) is 55.8 Å². The van der Waals surface area contributed by atoms with E-state index in [0.717, 1.165) is 24.0 Å². The molecule has 0 radical (unpaired) electrons. The SMILES string of the molecule is CCC[C@@H](c1ccccc1)N1CN(Cc2ccc(F)cc2)C(=O)/C2=C(\O)COC/C=C\N21. The van der Waals surface area contributed by atoms with E-state index in [1.165, 1.54) is 12.1 Å². The van der Waals surface area contributed by atoms with Gasteiger partial charge in [0.1, 0.15) is 18.2 Å². The van der Waals surface area contributed by atoms with Crippen LogP contribution in [-0.4, -0.2) is 45.8 Å². The van der Waals surface area contributed by atoms with E-state index in [4.69, 9.17) is 4.74 Å². The van der Waals surface area contributed by atoms with Crippen molar-refractivity contribution in [2.45, 2.75) is 32.4 Å². The van der Waals surface area contributed by atoms with E-state index in [0.29, 0.717) is 19.8 Å². The van der Waals surface area contributed by atoms with Crippen LogP contribution in [0.3, 0.4) is 0 Å². The minimum absolute atomic E-state index is 0.00203. The van der Waals surface area contributed by atoms with Gasteiger partial charge in [-0.15, -0.1) is 0 Å². The fraction of sp³-hybridized carbons (Fsp3) is 0.320. The first-order valence-electron chi connectivity index (χ1n) is 10.9. The predicted molar refractivity (Wildman–Crippen MR) is 119 cm³/mol.